The van der Waals surface area contributed by atoms with Crippen molar-refractivity contribution in [3.8, 4) is 6.07 Å². The van der Waals surface area contributed by atoms with Gasteiger partial charge in [0.1, 0.15) is 6.07 Å². The van der Waals surface area contributed by atoms with Crippen LogP contribution in [0.4, 0.5) is 11.6 Å². The van der Waals surface area contributed by atoms with Crippen molar-refractivity contribution < 1.29 is 4.74 Å². The molecule has 9 heteroatoms. The number of rotatable bonds is 4. The Bertz CT molecular complexity index is 1280. The molecule has 0 amide bonds. The van der Waals surface area contributed by atoms with Gasteiger partial charge in [-0.2, -0.15) is 5.26 Å². The molecule has 3 aliphatic rings. The second kappa shape index (κ2) is 9.97. The van der Waals surface area contributed by atoms with Crippen LogP contribution in [-0.2, 0) is 17.7 Å². The van der Waals surface area contributed by atoms with Crippen LogP contribution in [0.5, 0.6) is 0 Å². The maximum absolute atomic E-state index is 9.50. The first-order valence-electron chi connectivity index (χ1n) is 12.9. The summed E-state index contributed by atoms with van der Waals surface area (Å²) in [6.45, 7) is 10.3. The fraction of sp³-hybridized carbons (Fsp3) is 0.481. The van der Waals surface area contributed by atoms with Crippen LogP contribution in [0.25, 0.3) is 10.9 Å². The van der Waals surface area contributed by atoms with Gasteiger partial charge in [0.15, 0.2) is 0 Å². The molecule has 5 heterocycles. The number of hydrogen-bond acceptors (Lipinski definition) is 9. The molecule has 2 aromatic heterocycles. The molecule has 3 aromatic rings. The highest BCUT2D eigenvalue weighted by molar-refractivity contribution is 5.95. The first-order chi connectivity index (χ1) is 17.7. The van der Waals surface area contributed by atoms with E-state index in [1.54, 1.807) is 6.20 Å². The normalized spacial score (nSPS) is 22.9. The second-order valence-corrected chi connectivity index (χ2v) is 9.97. The van der Waals surface area contributed by atoms with Gasteiger partial charge in [0.25, 0.3) is 0 Å². The Kier molecular flexibility index (Phi) is 6.40. The quantitative estimate of drug-likeness (QED) is 0.596. The lowest BCUT2D eigenvalue weighted by molar-refractivity contribution is -0.0327. The number of fused-ring (bicyclic) bond motifs is 2. The number of pyridine rings is 1. The molecule has 1 N–H and O–H groups in total. The predicted molar refractivity (Wildman–Crippen MR) is 139 cm³/mol. The maximum atomic E-state index is 9.50. The van der Waals surface area contributed by atoms with Gasteiger partial charge in [-0.05, 0) is 49.7 Å². The third-order valence-corrected chi connectivity index (χ3v) is 7.46. The van der Waals surface area contributed by atoms with Crippen LogP contribution in [0, 0.1) is 11.3 Å². The molecular formula is C27H32N8O. The number of aromatic nitrogens is 3. The second-order valence-electron chi connectivity index (χ2n) is 9.97. The van der Waals surface area contributed by atoms with Crippen molar-refractivity contribution >= 4 is 22.5 Å². The number of anilines is 2. The van der Waals surface area contributed by atoms with Gasteiger partial charge in [0, 0.05) is 75.8 Å². The number of morpholine rings is 1. The first-order valence-corrected chi connectivity index (χ1v) is 12.9. The van der Waals surface area contributed by atoms with E-state index in [4.69, 9.17) is 9.72 Å². The summed E-state index contributed by atoms with van der Waals surface area (Å²) in [5.74, 6) is 0.854. The van der Waals surface area contributed by atoms with Gasteiger partial charge < -0.3 is 19.9 Å². The van der Waals surface area contributed by atoms with Crippen LogP contribution >= 0.6 is 0 Å². The van der Waals surface area contributed by atoms with Crippen molar-refractivity contribution in [2.75, 3.05) is 62.2 Å². The van der Waals surface area contributed by atoms with Crippen LogP contribution in [0.2, 0.25) is 0 Å². The molecule has 2 fully saturated rings. The van der Waals surface area contributed by atoms with E-state index in [1.807, 2.05) is 18.3 Å². The SMILES string of the molecule is C[C@@H]1CN(c2ccc(C#N)c3ncccc23)C[C@H](CN2CCN(c3ncc4c(n3)CNCC4)CC2)O1. The van der Waals surface area contributed by atoms with E-state index in [0.29, 0.717) is 5.56 Å². The van der Waals surface area contributed by atoms with Crippen LogP contribution in [-0.4, -0.2) is 84.4 Å². The molecule has 0 aliphatic carbocycles. The number of hydrogen-bond donors (Lipinski definition) is 1. The summed E-state index contributed by atoms with van der Waals surface area (Å²) in [6, 6.07) is 10.2. The maximum Gasteiger partial charge on any atom is 0.225 e. The Morgan fingerprint density at radius 1 is 1.11 bits per heavy atom. The van der Waals surface area contributed by atoms with Gasteiger partial charge in [0.05, 0.1) is 29.0 Å². The Labute approximate surface area is 211 Å². The highest BCUT2D eigenvalue weighted by Crippen LogP contribution is 2.30. The van der Waals surface area contributed by atoms with E-state index in [-0.39, 0.29) is 12.2 Å². The van der Waals surface area contributed by atoms with Gasteiger partial charge in [-0.25, -0.2) is 9.97 Å². The minimum Gasteiger partial charge on any atom is -0.370 e. The van der Waals surface area contributed by atoms with Gasteiger partial charge >= 0.3 is 0 Å². The molecule has 36 heavy (non-hydrogen) atoms. The number of benzene rings is 1. The highest BCUT2D eigenvalue weighted by atomic mass is 16.5. The van der Waals surface area contributed by atoms with Crippen LogP contribution in [0.15, 0.2) is 36.7 Å². The summed E-state index contributed by atoms with van der Waals surface area (Å²) in [5, 5.41) is 13.9. The van der Waals surface area contributed by atoms with E-state index < -0.39 is 0 Å². The van der Waals surface area contributed by atoms with Gasteiger partial charge in [-0.3, -0.25) is 9.88 Å². The molecule has 0 saturated carbocycles. The summed E-state index contributed by atoms with van der Waals surface area (Å²) in [4.78, 5) is 21.2. The predicted octanol–water partition coefficient (Wildman–Crippen LogP) is 1.96. The lowest BCUT2D eigenvalue weighted by Gasteiger charge is -2.42. The van der Waals surface area contributed by atoms with Crippen molar-refractivity contribution in [2.45, 2.75) is 32.1 Å². The molecule has 186 valence electrons. The zero-order chi connectivity index (χ0) is 24.5. The Morgan fingerprint density at radius 3 is 2.86 bits per heavy atom. The van der Waals surface area contributed by atoms with E-state index in [2.05, 4.69) is 55.1 Å². The van der Waals surface area contributed by atoms with Crippen LogP contribution in [0.1, 0.15) is 23.7 Å². The van der Waals surface area contributed by atoms with Gasteiger partial charge in [0.2, 0.25) is 5.95 Å². The molecule has 2 atom stereocenters. The van der Waals surface area contributed by atoms with Crippen molar-refractivity contribution in [1.29, 1.82) is 5.26 Å². The smallest absolute Gasteiger partial charge is 0.225 e. The Balaban J connectivity index is 1.11. The van der Waals surface area contributed by atoms with E-state index in [9.17, 15) is 5.26 Å². The minimum absolute atomic E-state index is 0.119. The monoisotopic (exact) mass is 484 g/mol. The lowest BCUT2D eigenvalue weighted by Crippen LogP contribution is -2.54. The molecule has 3 aliphatic heterocycles. The number of ether oxygens (including phenoxy) is 1. The molecular weight excluding hydrogens is 452 g/mol. The lowest BCUT2D eigenvalue weighted by atomic mass is 10.1. The molecule has 0 unspecified atom stereocenters. The van der Waals surface area contributed by atoms with Gasteiger partial charge in [-0.1, -0.05) is 0 Å². The van der Waals surface area contributed by atoms with Crippen molar-refractivity contribution in [3.63, 3.8) is 0 Å². The first kappa shape index (κ1) is 23.1. The summed E-state index contributed by atoms with van der Waals surface area (Å²) >= 11 is 0. The molecule has 1 aromatic carbocycles. The molecule has 9 nitrogen and oxygen atoms in total. The summed E-state index contributed by atoms with van der Waals surface area (Å²) in [5.41, 5.74) is 4.92. The van der Waals surface area contributed by atoms with Crippen molar-refractivity contribution in [2.24, 2.45) is 0 Å². The zero-order valence-electron chi connectivity index (χ0n) is 20.7. The zero-order valence-corrected chi connectivity index (χ0v) is 20.7. The fourth-order valence-corrected chi connectivity index (χ4v) is 5.66. The van der Waals surface area contributed by atoms with Crippen molar-refractivity contribution in [1.82, 2.24) is 25.2 Å². The van der Waals surface area contributed by atoms with Crippen LogP contribution < -0.4 is 15.1 Å². The summed E-state index contributed by atoms with van der Waals surface area (Å²) in [6.07, 6.45) is 5.02. The van der Waals surface area contributed by atoms with Crippen LogP contribution in [0.3, 0.4) is 0 Å². The van der Waals surface area contributed by atoms with Gasteiger partial charge in [-0.15, -0.1) is 0 Å². The van der Waals surface area contributed by atoms with E-state index in [0.717, 1.165) is 93.6 Å². The number of nitriles is 1. The number of piperazine rings is 1. The standard InChI is InChI=1S/C27H32N8O/c1-19-16-35(25-5-4-20(13-28)26-23(25)3-2-7-30-26)18-22(36-19)17-33-9-11-34(12-10-33)27-31-14-21-6-8-29-15-24(21)32-27/h2-5,7,14,19,22,29H,6,8-12,15-18H2,1H3/t19-,22+/m1/s1. The van der Waals surface area contributed by atoms with Crippen molar-refractivity contribution in [3.05, 3.63) is 53.5 Å². The third-order valence-electron chi connectivity index (χ3n) is 7.46. The molecule has 2 saturated heterocycles. The molecule has 0 spiro atoms. The van der Waals surface area contributed by atoms with E-state index in [1.165, 1.54) is 5.56 Å². The Morgan fingerprint density at radius 2 is 2.00 bits per heavy atom. The third kappa shape index (κ3) is 4.60. The topological polar surface area (TPSA) is 93.4 Å². The highest BCUT2D eigenvalue weighted by Gasteiger charge is 2.30. The fourth-order valence-electron chi connectivity index (χ4n) is 5.66. The molecule has 6 rings (SSSR count). The summed E-state index contributed by atoms with van der Waals surface area (Å²) in [7, 11) is 0. The minimum atomic E-state index is 0.119. The largest absolute Gasteiger partial charge is 0.370 e. The molecule has 0 radical (unpaired) electrons. The molecule has 0 bridgehead atoms. The Hall–Kier alpha value is -3.32. The van der Waals surface area contributed by atoms with E-state index >= 15 is 0 Å². The average molecular weight is 485 g/mol. The summed E-state index contributed by atoms with van der Waals surface area (Å²) < 4.78 is 6.37. The average Bonchev–Trinajstić information content (AvgIpc) is 2.92. The number of nitrogens with zero attached hydrogens (tertiary/aromatic N) is 7. The number of nitrogens with one attached hydrogen (secondary N) is 1.